The minimum Gasteiger partial charge on any atom is -0.469 e. The minimum atomic E-state index is -1.50. The van der Waals surface area contributed by atoms with Crippen LogP contribution in [-0.4, -0.2) is 34.0 Å². The molecule has 2 N–H and O–H groups in total. The van der Waals surface area contributed by atoms with Gasteiger partial charge in [0.1, 0.15) is 0 Å². The van der Waals surface area contributed by atoms with Crippen LogP contribution >= 0.6 is 0 Å². The van der Waals surface area contributed by atoms with Crippen molar-refractivity contribution >= 4 is 11.7 Å². The molecule has 0 aliphatic rings. The molecule has 0 atom stereocenters. The van der Waals surface area contributed by atoms with E-state index < -0.39 is 10.7 Å². The van der Waals surface area contributed by atoms with Crippen LogP contribution in [0.2, 0.25) is 0 Å². The number of hydrogen-bond donors (Lipinski definition) is 2. The number of carbonyl (C=O) groups is 1. The maximum atomic E-state index is 10.9. The third-order valence-corrected chi connectivity index (χ3v) is 2.01. The molecule has 0 bridgehead atoms. The predicted octanol–water partition coefficient (Wildman–Crippen LogP) is 1.41. The summed E-state index contributed by atoms with van der Waals surface area (Å²) in [4.78, 5) is 21.0. The highest BCUT2D eigenvalue weighted by molar-refractivity contribution is 5.69. The molecule has 0 fully saturated rings. The molecule has 112 valence electrons. The molecular formula is C13H19NO6. The lowest BCUT2D eigenvalue weighted by Crippen LogP contribution is -2.15. The molecule has 0 aromatic heterocycles. The Bertz CT molecular complexity index is 446. The van der Waals surface area contributed by atoms with E-state index in [1.54, 1.807) is 18.2 Å². The zero-order chi connectivity index (χ0) is 15.8. The fourth-order valence-electron chi connectivity index (χ4n) is 1.24. The quantitative estimate of drug-likeness (QED) is 0.374. The minimum absolute atomic E-state index is 0.0430. The van der Waals surface area contributed by atoms with E-state index in [0.717, 1.165) is 0 Å². The van der Waals surface area contributed by atoms with Crippen LogP contribution in [0.1, 0.15) is 25.8 Å². The third-order valence-electron chi connectivity index (χ3n) is 2.01. The summed E-state index contributed by atoms with van der Waals surface area (Å²) in [7, 11) is 1.29. The second kappa shape index (κ2) is 8.23. The number of aliphatic hydroxyl groups is 2. The van der Waals surface area contributed by atoms with Gasteiger partial charge in [-0.05, 0) is 20.3 Å². The molecule has 0 saturated carbocycles. The summed E-state index contributed by atoms with van der Waals surface area (Å²) < 4.78 is 4.46. The van der Waals surface area contributed by atoms with Gasteiger partial charge in [0, 0.05) is 18.1 Å². The Kier molecular flexibility index (Phi) is 7.42. The van der Waals surface area contributed by atoms with Gasteiger partial charge in [0.05, 0.1) is 12.0 Å². The van der Waals surface area contributed by atoms with Crippen LogP contribution in [0.5, 0.6) is 0 Å². The Morgan fingerprint density at radius 2 is 1.85 bits per heavy atom. The van der Waals surface area contributed by atoms with Crippen molar-refractivity contribution < 1.29 is 24.7 Å². The molecule has 1 rings (SSSR count). The summed E-state index contributed by atoms with van der Waals surface area (Å²) in [5, 5.41) is 26.8. The van der Waals surface area contributed by atoms with E-state index in [2.05, 4.69) is 4.74 Å². The average molecular weight is 285 g/mol. The normalized spacial score (nSPS) is 10.2. The number of nitro benzene ring substituents is 1. The molecule has 20 heavy (non-hydrogen) atoms. The number of benzene rings is 1. The van der Waals surface area contributed by atoms with Gasteiger partial charge in [0.25, 0.3) is 5.69 Å². The van der Waals surface area contributed by atoms with Crippen molar-refractivity contribution in [2.75, 3.05) is 7.11 Å². The van der Waals surface area contributed by atoms with E-state index in [9.17, 15) is 14.9 Å². The first-order valence-electron chi connectivity index (χ1n) is 5.89. The summed E-state index contributed by atoms with van der Waals surface area (Å²) >= 11 is 0. The van der Waals surface area contributed by atoms with Crippen molar-refractivity contribution in [2.24, 2.45) is 0 Å². The summed E-state index contributed by atoms with van der Waals surface area (Å²) in [5.41, 5.74) is 0.592. The Morgan fingerprint density at radius 3 is 2.30 bits per heavy atom. The van der Waals surface area contributed by atoms with Crippen molar-refractivity contribution in [3.8, 4) is 0 Å². The van der Waals surface area contributed by atoms with Gasteiger partial charge in [-0.3, -0.25) is 14.9 Å². The fourth-order valence-corrected chi connectivity index (χ4v) is 1.24. The Balaban J connectivity index is 0.000000621. The first kappa shape index (κ1) is 18.0. The molecule has 0 aliphatic carbocycles. The second-order valence-corrected chi connectivity index (χ2v) is 4.46. The third kappa shape index (κ3) is 9.01. The van der Waals surface area contributed by atoms with Crippen LogP contribution in [-0.2, 0) is 16.0 Å². The SMILES string of the molecule is CC(C)(O)O.COC(=O)CCc1ccccc1[N+](=O)[O-]. The molecule has 0 heterocycles. The summed E-state index contributed by atoms with van der Waals surface area (Å²) in [5.74, 6) is -1.87. The zero-order valence-corrected chi connectivity index (χ0v) is 11.7. The van der Waals surface area contributed by atoms with Gasteiger partial charge in [0.2, 0.25) is 0 Å². The van der Waals surface area contributed by atoms with Crippen molar-refractivity contribution in [2.45, 2.75) is 32.5 Å². The molecule has 0 aliphatic heterocycles. The first-order valence-corrected chi connectivity index (χ1v) is 5.89. The summed E-state index contributed by atoms with van der Waals surface area (Å²) in [6.07, 6.45) is 0.477. The first-order chi connectivity index (χ1) is 9.15. The number of nitro groups is 1. The lowest BCUT2D eigenvalue weighted by atomic mass is 10.1. The van der Waals surface area contributed by atoms with Gasteiger partial charge >= 0.3 is 5.97 Å². The van der Waals surface area contributed by atoms with E-state index >= 15 is 0 Å². The summed E-state index contributed by atoms with van der Waals surface area (Å²) in [6, 6.07) is 6.37. The van der Waals surface area contributed by atoms with Gasteiger partial charge in [0.15, 0.2) is 5.79 Å². The molecule has 0 amide bonds. The molecule has 0 saturated heterocycles. The monoisotopic (exact) mass is 285 g/mol. The highest BCUT2D eigenvalue weighted by Crippen LogP contribution is 2.19. The predicted molar refractivity (Wildman–Crippen MR) is 72.0 cm³/mol. The lowest BCUT2D eigenvalue weighted by Gasteiger charge is -2.03. The molecule has 7 nitrogen and oxygen atoms in total. The van der Waals surface area contributed by atoms with E-state index in [0.29, 0.717) is 12.0 Å². The number of para-hydroxylation sites is 1. The number of carbonyl (C=O) groups excluding carboxylic acids is 1. The van der Waals surface area contributed by atoms with Crippen LogP contribution in [0, 0.1) is 10.1 Å². The van der Waals surface area contributed by atoms with Gasteiger partial charge in [-0.2, -0.15) is 0 Å². The van der Waals surface area contributed by atoms with Crippen LogP contribution in [0.15, 0.2) is 24.3 Å². The molecule has 7 heteroatoms. The van der Waals surface area contributed by atoms with Crippen molar-refractivity contribution in [1.82, 2.24) is 0 Å². The molecule has 0 spiro atoms. The molecular weight excluding hydrogens is 266 g/mol. The fraction of sp³-hybridized carbons (Fsp3) is 0.462. The smallest absolute Gasteiger partial charge is 0.305 e. The van der Waals surface area contributed by atoms with Crippen molar-refractivity contribution in [1.29, 1.82) is 0 Å². The number of nitrogens with zero attached hydrogens (tertiary/aromatic N) is 1. The number of ether oxygens (including phenoxy) is 1. The standard InChI is InChI=1S/C10H11NO4.C3H8O2/c1-15-10(12)7-6-8-4-2-3-5-9(8)11(13)14;1-3(2,4)5/h2-5H,6-7H2,1H3;4-5H,1-2H3. The van der Waals surface area contributed by atoms with Crippen LogP contribution < -0.4 is 0 Å². The highest BCUT2D eigenvalue weighted by Gasteiger charge is 2.13. The largest absolute Gasteiger partial charge is 0.469 e. The molecule has 0 radical (unpaired) electrons. The number of hydrogen-bond acceptors (Lipinski definition) is 6. The van der Waals surface area contributed by atoms with Crippen LogP contribution in [0.3, 0.4) is 0 Å². The van der Waals surface area contributed by atoms with E-state index in [4.69, 9.17) is 10.2 Å². The molecule has 0 unspecified atom stereocenters. The average Bonchev–Trinajstić information content (AvgIpc) is 2.34. The zero-order valence-electron chi connectivity index (χ0n) is 11.7. The van der Waals surface area contributed by atoms with Gasteiger partial charge in [-0.25, -0.2) is 0 Å². The molecule has 1 aromatic rings. The van der Waals surface area contributed by atoms with Gasteiger partial charge < -0.3 is 14.9 Å². The van der Waals surface area contributed by atoms with Gasteiger partial charge in [-0.1, -0.05) is 18.2 Å². The van der Waals surface area contributed by atoms with E-state index in [1.165, 1.54) is 27.0 Å². The Morgan fingerprint density at radius 1 is 1.35 bits per heavy atom. The topological polar surface area (TPSA) is 110 Å². The Hall–Kier alpha value is -1.99. The van der Waals surface area contributed by atoms with Gasteiger partial charge in [-0.15, -0.1) is 0 Å². The maximum absolute atomic E-state index is 10.9. The number of aryl methyl sites for hydroxylation is 1. The Labute approximate surface area is 117 Å². The highest BCUT2D eigenvalue weighted by atomic mass is 16.6. The number of rotatable bonds is 4. The summed E-state index contributed by atoms with van der Waals surface area (Å²) in [6.45, 7) is 2.60. The maximum Gasteiger partial charge on any atom is 0.305 e. The van der Waals surface area contributed by atoms with E-state index in [1.807, 2.05) is 0 Å². The van der Waals surface area contributed by atoms with Crippen molar-refractivity contribution in [3.63, 3.8) is 0 Å². The number of methoxy groups -OCH3 is 1. The molecule has 1 aromatic carbocycles. The van der Waals surface area contributed by atoms with Crippen LogP contribution in [0.4, 0.5) is 5.69 Å². The lowest BCUT2D eigenvalue weighted by molar-refractivity contribution is -0.385. The second-order valence-electron chi connectivity index (χ2n) is 4.46. The van der Waals surface area contributed by atoms with Crippen molar-refractivity contribution in [3.05, 3.63) is 39.9 Å². The number of esters is 1. The van der Waals surface area contributed by atoms with Crippen LogP contribution in [0.25, 0.3) is 0 Å². The van der Waals surface area contributed by atoms with E-state index in [-0.39, 0.29) is 18.1 Å².